The summed E-state index contributed by atoms with van der Waals surface area (Å²) in [5, 5.41) is 2.56. The van der Waals surface area contributed by atoms with Crippen LogP contribution in [-0.2, 0) is 10.0 Å². The maximum Gasteiger partial charge on any atom is 0.258 e. The van der Waals surface area contributed by atoms with Gasteiger partial charge in [-0.2, -0.15) is 4.31 Å². The van der Waals surface area contributed by atoms with Crippen molar-refractivity contribution >= 4 is 27.3 Å². The van der Waals surface area contributed by atoms with E-state index in [1.54, 1.807) is 19.9 Å². The number of rotatable bonds is 9. The maximum absolute atomic E-state index is 14.1. The number of benzene rings is 2. The van der Waals surface area contributed by atoms with Crippen LogP contribution in [0.4, 0.5) is 20.2 Å². The van der Waals surface area contributed by atoms with E-state index in [9.17, 15) is 22.0 Å². The van der Waals surface area contributed by atoms with E-state index in [2.05, 4.69) is 5.32 Å². The molecule has 0 saturated heterocycles. The Morgan fingerprint density at radius 1 is 0.967 bits per heavy atom. The minimum Gasteiger partial charge on any atom is -0.370 e. The Bertz CT molecular complexity index is 1000. The molecule has 0 aliphatic carbocycles. The number of nitrogens with one attached hydrogen (secondary N) is 1. The Balaban J connectivity index is 2.56. The van der Waals surface area contributed by atoms with Crippen LogP contribution < -0.4 is 10.2 Å². The smallest absolute Gasteiger partial charge is 0.258 e. The molecule has 1 N–H and O–H groups in total. The van der Waals surface area contributed by atoms with Crippen LogP contribution in [0.3, 0.4) is 0 Å². The average molecular weight is 440 g/mol. The topological polar surface area (TPSA) is 69.7 Å². The lowest BCUT2D eigenvalue weighted by Crippen LogP contribution is -2.31. The first-order chi connectivity index (χ1) is 14.2. The van der Waals surface area contributed by atoms with Crippen molar-refractivity contribution in [2.45, 2.75) is 32.6 Å². The Morgan fingerprint density at radius 2 is 1.60 bits per heavy atom. The molecule has 30 heavy (non-hydrogen) atoms. The van der Waals surface area contributed by atoms with E-state index in [0.29, 0.717) is 31.9 Å². The third kappa shape index (κ3) is 4.79. The highest BCUT2D eigenvalue weighted by Crippen LogP contribution is 2.31. The van der Waals surface area contributed by atoms with Crippen molar-refractivity contribution in [1.29, 1.82) is 0 Å². The summed E-state index contributed by atoms with van der Waals surface area (Å²) in [7, 11) is -3.77. The lowest BCUT2D eigenvalue weighted by atomic mass is 10.1. The van der Waals surface area contributed by atoms with Crippen molar-refractivity contribution in [3.05, 3.63) is 53.6 Å². The quantitative estimate of drug-likeness (QED) is 0.639. The molecule has 1 amide bonds. The molecule has 164 valence electrons. The summed E-state index contributed by atoms with van der Waals surface area (Å²) in [6.07, 6.45) is 0. The van der Waals surface area contributed by atoms with Gasteiger partial charge in [-0.25, -0.2) is 17.2 Å². The molecule has 9 heteroatoms. The summed E-state index contributed by atoms with van der Waals surface area (Å²) >= 11 is 0. The Kier molecular flexibility index (Phi) is 7.91. The lowest BCUT2D eigenvalue weighted by molar-refractivity contribution is 0.102. The van der Waals surface area contributed by atoms with E-state index >= 15 is 0 Å². The van der Waals surface area contributed by atoms with E-state index in [-0.39, 0.29) is 10.6 Å². The summed E-state index contributed by atoms with van der Waals surface area (Å²) in [6, 6.07) is 7.78. The monoisotopic (exact) mass is 439 g/mol. The van der Waals surface area contributed by atoms with Gasteiger partial charge in [-0.3, -0.25) is 4.79 Å². The predicted octanol–water partition coefficient (Wildman–Crippen LogP) is 4.09. The molecule has 2 aromatic rings. The molecule has 0 bridgehead atoms. The van der Waals surface area contributed by atoms with Gasteiger partial charge in [0.1, 0.15) is 0 Å². The molecule has 0 unspecified atom stereocenters. The second-order valence-electron chi connectivity index (χ2n) is 6.50. The summed E-state index contributed by atoms with van der Waals surface area (Å²) in [5.74, 6) is -3.26. The van der Waals surface area contributed by atoms with Gasteiger partial charge in [0.15, 0.2) is 11.6 Å². The summed E-state index contributed by atoms with van der Waals surface area (Å²) in [6.45, 7) is 9.12. The number of amides is 1. The highest BCUT2D eigenvalue weighted by Gasteiger charge is 2.24. The highest BCUT2D eigenvalue weighted by molar-refractivity contribution is 7.89. The van der Waals surface area contributed by atoms with E-state index in [1.165, 1.54) is 28.6 Å². The number of hydrogen-bond acceptors (Lipinski definition) is 4. The van der Waals surface area contributed by atoms with Gasteiger partial charge in [0.2, 0.25) is 10.0 Å². The molecule has 2 rings (SSSR count). The van der Waals surface area contributed by atoms with Gasteiger partial charge >= 0.3 is 0 Å². The second-order valence-corrected chi connectivity index (χ2v) is 8.43. The van der Waals surface area contributed by atoms with Crippen LogP contribution in [0, 0.1) is 11.6 Å². The Morgan fingerprint density at radius 3 is 2.17 bits per heavy atom. The van der Waals surface area contributed by atoms with Crippen molar-refractivity contribution in [3.63, 3.8) is 0 Å². The largest absolute Gasteiger partial charge is 0.370 e. The van der Waals surface area contributed by atoms with E-state index in [4.69, 9.17) is 0 Å². The van der Waals surface area contributed by atoms with Crippen molar-refractivity contribution < 1.29 is 22.0 Å². The fourth-order valence-electron chi connectivity index (χ4n) is 3.20. The van der Waals surface area contributed by atoms with Gasteiger partial charge in [0, 0.05) is 26.2 Å². The zero-order valence-electron chi connectivity index (χ0n) is 17.6. The number of halogens is 2. The van der Waals surface area contributed by atoms with E-state index in [0.717, 1.165) is 6.07 Å². The Labute approximate surface area is 176 Å². The van der Waals surface area contributed by atoms with Gasteiger partial charge in [0.05, 0.1) is 21.8 Å². The molecule has 0 radical (unpaired) electrons. The molecule has 0 aliphatic rings. The molecule has 0 aliphatic heterocycles. The molecule has 0 heterocycles. The zero-order valence-corrected chi connectivity index (χ0v) is 18.4. The maximum atomic E-state index is 14.1. The Hall–Kier alpha value is -2.52. The second kappa shape index (κ2) is 9.99. The fraction of sp³-hybridized carbons (Fsp3) is 0.381. The predicted molar refractivity (Wildman–Crippen MR) is 114 cm³/mol. The molecule has 0 atom stereocenters. The van der Waals surface area contributed by atoms with Gasteiger partial charge in [0.25, 0.3) is 5.91 Å². The summed E-state index contributed by atoms with van der Waals surface area (Å²) in [4.78, 5) is 14.6. The highest BCUT2D eigenvalue weighted by atomic mass is 32.2. The molecular formula is C21H27F2N3O3S. The van der Waals surface area contributed by atoms with Gasteiger partial charge in [-0.15, -0.1) is 0 Å². The summed E-state index contributed by atoms with van der Waals surface area (Å²) in [5.41, 5.74) is 0.335. The van der Waals surface area contributed by atoms with Gasteiger partial charge in [-0.05, 0) is 44.2 Å². The van der Waals surface area contributed by atoms with Gasteiger partial charge in [-0.1, -0.05) is 19.9 Å². The van der Waals surface area contributed by atoms with Crippen molar-refractivity contribution in [2.24, 2.45) is 0 Å². The lowest BCUT2D eigenvalue weighted by Gasteiger charge is -2.26. The average Bonchev–Trinajstić information content (AvgIpc) is 2.72. The first-order valence-corrected chi connectivity index (χ1v) is 11.3. The molecule has 6 nitrogen and oxygen atoms in total. The third-order valence-electron chi connectivity index (χ3n) is 4.86. The molecule has 2 aromatic carbocycles. The van der Waals surface area contributed by atoms with Crippen molar-refractivity contribution in [2.75, 3.05) is 36.4 Å². The number of sulfonamides is 1. The zero-order chi connectivity index (χ0) is 22.5. The van der Waals surface area contributed by atoms with Gasteiger partial charge < -0.3 is 10.2 Å². The number of carbonyl (C=O) groups excluding carboxylic acids is 1. The van der Waals surface area contributed by atoms with Crippen LogP contribution in [0.25, 0.3) is 0 Å². The summed E-state index contributed by atoms with van der Waals surface area (Å²) < 4.78 is 54.7. The normalized spacial score (nSPS) is 11.6. The number of nitrogens with zero attached hydrogens (tertiary/aromatic N) is 2. The molecule has 0 aromatic heterocycles. The molecule has 0 fully saturated rings. The van der Waals surface area contributed by atoms with Crippen LogP contribution in [0.5, 0.6) is 0 Å². The van der Waals surface area contributed by atoms with Crippen LogP contribution in [0.2, 0.25) is 0 Å². The van der Waals surface area contributed by atoms with Crippen molar-refractivity contribution in [1.82, 2.24) is 4.31 Å². The van der Waals surface area contributed by atoms with Crippen LogP contribution >= 0.6 is 0 Å². The van der Waals surface area contributed by atoms with Crippen LogP contribution in [0.15, 0.2) is 41.3 Å². The van der Waals surface area contributed by atoms with E-state index in [1.807, 2.05) is 18.7 Å². The first kappa shape index (κ1) is 23.8. The third-order valence-corrected chi connectivity index (χ3v) is 6.91. The van der Waals surface area contributed by atoms with Crippen LogP contribution in [0.1, 0.15) is 38.1 Å². The van der Waals surface area contributed by atoms with Crippen molar-refractivity contribution in [3.8, 4) is 0 Å². The number of carbonyl (C=O) groups is 1. The van der Waals surface area contributed by atoms with E-state index < -0.39 is 33.1 Å². The minimum absolute atomic E-state index is 0.0112. The molecular weight excluding hydrogens is 412 g/mol. The number of hydrogen-bond donors (Lipinski definition) is 1. The number of anilines is 2. The first-order valence-electron chi connectivity index (χ1n) is 9.85. The molecule has 0 spiro atoms. The standard InChI is InChI=1S/C21H27F2N3O3S/c1-5-25(6-2)19-13-12-15(30(28,29)26(7-3)8-4)14-18(19)24-21(27)16-10-9-11-17(22)20(16)23/h9-14H,5-8H2,1-4H3,(H,24,27). The minimum atomic E-state index is -3.77. The van der Waals surface area contributed by atoms with Crippen LogP contribution in [-0.4, -0.2) is 44.8 Å². The fourth-order valence-corrected chi connectivity index (χ4v) is 4.68. The SMILES string of the molecule is CCN(CC)c1ccc(S(=O)(=O)N(CC)CC)cc1NC(=O)c1cccc(F)c1F. The molecule has 0 saturated carbocycles.